The molecule has 4 nitrogen and oxygen atoms in total. The predicted molar refractivity (Wildman–Crippen MR) is 106 cm³/mol. The van der Waals surface area contributed by atoms with E-state index in [4.69, 9.17) is 0 Å². The fourth-order valence-electron chi connectivity index (χ4n) is 2.80. The highest BCUT2D eigenvalue weighted by atomic mass is 32.1. The summed E-state index contributed by atoms with van der Waals surface area (Å²) in [6.45, 7) is 7.63. The Hall–Kier alpha value is -1.92. The lowest BCUT2D eigenvalue weighted by Crippen LogP contribution is -2.24. The van der Waals surface area contributed by atoms with Crippen molar-refractivity contribution in [1.29, 1.82) is 0 Å². The van der Waals surface area contributed by atoms with Gasteiger partial charge in [0, 0.05) is 22.5 Å². The van der Waals surface area contributed by atoms with Gasteiger partial charge in [0.1, 0.15) is 0 Å². The van der Waals surface area contributed by atoms with E-state index in [0.29, 0.717) is 0 Å². The number of nitrogens with one attached hydrogen (secondary N) is 1. The average molecular weight is 374 g/mol. The summed E-state index contributed by atoms with van der Waals surface area (Å²) >= 11 is 3.36. The summed E-state index contributed by atoms with van der Waals surface area (Å²) < 4.78 is 2.20. The van der Waals surface area contributed by atoms with Crippen LogP contribution in [0.15, 0.2) is 29.0 Å². The highest BCUT2D eigenvalue weighted by Gasteiger charge is 2.20. The average Bonchev–Trinajstić information content (AvgIpc) is 3.31. The molecule has 132 valence electrons. The van der Waals surface area contributed by atoms with Crippen molar-refractivity contribution < 1.29 is 4.79 Å². The molecule has 0 aliphatic heterocycles. The normalized spacial score (nSPS) is 11.0. The van der Waals surface area contributed by atoms with Crippen molar-refractivity contribution in [3.8, 4) is 11.4 Å². The Bertz CT molecular complexity index is 846. The zero-order valence-corrected chi connectivity index (χ0v) is 16.5. The van der Waals surface area contributed by atoms with Crippen LogP contribution in [-0.4, -0.2) is 22.0 Å². The SMILES string of the molecule is CCCCNC(=O)c1cc(-c2csc(C)n2)n(Cc2cccs2)c1C. The van der Waals surface area contributed by atoms with Crippen LogP contribution in [0.1, 0.15) is 45.7 Å². The van der Waals surface area contributed by atoms with Gasteiger partial charge in [-0.05, 0) is 37.8 Å². The van der Waals surface area contributed by atoms with Gasteiger partial charge in [-0.2, -0.15) is 0 Å². The van der Waals surface area contributed by atoms with Crippen LogP contribution in [0.2, 0.25) is 0 Å². The minimum absolute atomic E-state index is 0.00378. The van der Waals surface area contributed by atoms with Gasteiger partial charge in [-0.15, -0.1) is 22.7 Å². The summed E-state index contributed by atoms with van der Waals surface area (Å²) in [4.78, 5) is 18.5. The zero-order valence-electron chi connectivity index (χ0n) is 14.8. The van der Waals surface area contributed by atoms with Gasteiger partial charge in [-0.25, -0.2) is 4.98 Å². The van der Waals surface area contributed by atoms with E-state index >= 15 is 0 Å². The van der Waals surface area contributed by atoms with E-state index in [9.17, 15) is 4.79 Å². The first-order chi connectivity index (χ1) is 12.1. The molecule has 0 bridgehead atoms. The Balaban J connectivity index is 1.97. The lowest BCUT2D eigenvalue weighted by atomic mass is 10.2. The second-order valence-electron chi connectivity index (χ2n) is 6.06. The first-order valence-electron chi connectivity index (χ1n) is 8.53. The lowest BCUT2D eigenvalue weighted by molar-refractivity contribution is 0.0952. The summed E-state index contributed by atoms with van der Waals surface area (Å²) in [6, 6.07) is 6.17. The predicted octanol–water partition coefficient (Wildman–Crippen LogP) is 4.87. The van der Waals surface area contributed by atoms with Crippen LogP contribution in [0.5, 0.6) is 0 Å². The number of nitrogens with zero attached hydrogens (tertiary/aromatic N) is 2. The van der Waals surface area contributed by atoms with Gasteiger partial charge >= 0.3 is 0 Å². The van der Waals surface area contributed by atoms with E-state index in [1.165, 1.54) is 4.88 Å². The summed E-state index contributed by atoms with van der Waals surface area (Å²) in [6.07, 6.45) is 2.07. The van der Waals surface area contributed by atoms with E-state index in [-0.39, 0.29) is 5.91 Å². The smallest absolute Gasteiger partial charge is 0.253 e. The third-order valence-corrected chi connectivity index (χ3v) is 5.84. The fourth-order valence-corrected chi connectivity index (χ4v) is 4.10. The molecule has 3 aromatic heterocycles. The molecule has 0 atom stereocenters. The maximum Gasteiger partial charge on any atom is 0.253 e. The highest BCUT2D eigenvalue weighted by Crippen LogP contribution is 2.28. The first-order valence-corrected chi connectivity index (χ1v) is 10.3. The number of rotatable bonds is 7. The number of thiazole rings is 1. The van der Waals surface area contributed by atoms with Gasteiger partial charge < -0.3 is 9.88 Å². The van der Waals surface area contributed by atoms with Crippen LogP contribution >= 0.6 is 22.7 Å². The minimum atomic E-state index is 0.00378. The van der Waals surface area contributed by atoms with Crippen molar-refractivity contribution in [3.63, 3.8) is 0 Å². The fraction of sp³-hybridized carbons (Fsp3) is 0.368. The molecule has 3 aromatic rings. The molecule has 6 heteroatoms. The molecule has 3 rings (SSSR count). The monoisotopic (exact) mass is 373 g/mol. The molecule has 0 radical (unpaired) electrons. The van der Waals surface area contributed by atoms with Crippen molar-refractivity contribution in [2.24, 2.45) is 0 Å². The van der Waals surface area contributed by atoms with Crippen molar-refractivity contribution >= 4 is 28.6 Å². The third kappa shape index (κ3) is 4.02. The van der Waals surface area contributed by atoms with E-state index in [1.54, 1.807) is 22.7 Å². The summed E-state index contributed by atoms with van der Waals surface area (Å²) in [5, 5.41) is 8.21. The van der Waals surface area contributed by atoms with E-state index in [1.807, 2.05) is 19.9 Å². The maximum absolute atomic E-state index is 12.6. The topological polar surface area (TPSA) is 46.9 Å². The molecular weight excluding hydrogens is 350 g/mol. The van der Waals surface area contributed by atoms with E-state index in [0.717, 1.165) is 53.6 Å². The van der Waals surface area contributed by atoms with Crippen LogP contribution in [0, 0.1) is 13.8 Å². The quantitative estimate of drug-likeness (QED) is 0.601. The highest BCUT2D eigenvalue weighted by molar-refractivity contribution is 7.10. The molecule has 0 aliphatic carbocycles. The Kier molecular flexibility index (Phi) is 5.71. The Labute approximate surface area is 156 Å². The number of unbranched alkanes of at least 4 members (excludes halogenated alkanes) is 1. The van der Waals surface area contributed by atoms with Gasteiger partial charge in [0.05, 0.1) is 28.5 Å². The number of carbonyl (C=O) groups excluding carboxylic acids is 1. The van der Waals surface area contributed by atoms with Gasteiger partial charge in [0.15, 0.2) is 0 Å². The van der Waals surface area contributed by atoms with Crippen LogP contribution < -0.4 is 5.32 Å². The number of carbonyl (C=O) groups is 1. The third-order valence-electron chi connectivity index (χ3n) is 4.20. The Morgan fingerprint density at radius 1 is 1.32 bits per heavy atom. The molecule has 0 spiro atoms. The molecule has 0 aliphatic rings. The molecule has 3 heterocycles. The Morgan fingerprint density at radius 2 is 2.16 bits per heavy atom. The molecule has 0 unspecified atom stereocenters. The standard InChI is InChI=1S/C19H23N3OS2/c1-4-5-8-20-19(23)16-10-18(17-12-25-14(3)21-17)22(13(16)2)11-15-7-6-9-24-15/h6-7,9-10,12H,4-5,8,11H2,1-3H3,(H,20,23). The summed E-state index contributed by atoms with van der Waals surface area (Å²) in [5.74, 6) is 0.00378. The van der Waals surface area contributed by atoms with Crippen molar-refractivity contribution in [3.05, 3.63) is 50.1 Å². The molecule has 0 saturated heterocycles. The van der Waals surface area contributed by atoms with Crippen molar-refractivity contribution in [2.45, 2.75) is 40.2 Å². The molecule has 1 amide bonds. The maximum atomic E-state index is 12.6. The van der Waals surface area contributed by atoms with Gasteiger partial charge in [0.2, 0.25) is 0 Å². The van der Waals surface area contributed by atoms with Gasteiger partial charge in [-0.3, -0.25) is 4.79 Å². The summed E-state index contributed by atoms with van der Waals surface area (Å²) in [5.41, 5.74) is 3.68. The first kappa shape index (κ1) is 17.9. The molecule has 0 aromatic carbocycles. The van der Waals surface area contributed by atoms with Gasteiger partial charge in [-0.1, -0.05) is 19.4 Å². The number of aromatic nitrogens is 2. The molecular formula is C19H23N3OS2. The summed E-state index contributed by atoms with van der Waals surface area (Å²) in [7, 11) is 0. The number of aryl methyl sites for hydroxylation is 1. The lowest BCUT2D eigenvalue weighted by Gasteiger charge is -2.10. The second-order valence-corrected chi connectivity index (χ2v) is 8.15. The number of hydrogen-bond acceptors (Lipinski definition) is 4. The van der Waals surface area contributed by atoms with Crippen molar-refractivity contribution in [1.82, 2.24) is 14.9 Å². The minimum Gasteiger partial charge on any atom is -0.352 e. The second kappa shape index (κ2) is 7.97. The molecule has 25 heavy (non-hydrogen) atoms. The van der Waals surface area contributed by atoms with Crippen LogP contribution in [0.3, 0.4) is 0 Å². The number of thiophene rings is 1. The van der Waals surface area contributed by atoms with Crippen LogP contribution in [-0.2, 0) is 6.54 Å². The van der Waals surface area contributed by atoms with Crippen molar-refractivity contribution in [2.75, 3.05) is 6.54 Å². The zero-order chi connectivity index (χ0) is 17.8. The van der Waals surface area contributed by atoms with E-state index < -0.39 is 0 Å². The van der Waals surface area contributed by atoms with Gasteiger partial charge in [0.25, 0.3) is 5.91 Å². The largest absolute Gasteiger partial charge is 0.352 e. The Morgan fingerprint density at radius 3 is 2.80 bits per heavy atom. The number of amides is 1. The molecule has 0 saturated carbocycles. The molecule has 1 N–H and O–H groups in total. The van der Waals surface area contributed by atoms with Crippen LogP contribution in [0.4, 0.5) is 0 Å². The van der Waals surface area contributed by atoms with Crippen LogP contribution in [0.25, 0.3) is 11.4 Å². The molecule has 0 fully saturated rings. The number of hydrogen-bond donors (Lipinski definition) is 1. The van der Waals surface area contributed by atoms with E-state index in [2.05, 4.69) is 44.7 Å².